The third-order valence-corrected chi connectivity index (χ3v) is 4.12. The number of rotatable bonds is 5. The zero-order chi connectivity index (χ0) is 19.4. The predicted molar refractivity (Wildman–Crippen MR) is 99.3 cm³/mol. The zero-order valence-corrected chi connectivity index (χ0v) is 15.4. The molecule has 3 rings (SSSR count). The molecule has 7 nitrogen and oxygen atoms in total. The molecule has 2 aromatic heterocycles. The Balaban J connectivity index is 1.77. The van der Waals surface area contributed by atoms with Crippen molar-refractivity contribution in [1.82, 2.24) is 10.1 Å². The molecule has 0 unspecified atom stereocenters. The molecule has 8 heteroatoms. The van der Waals surface area contributed by atoms with Crippen molar-refractivity contribution in [2.24, 2.45) is 0 Å². The second kappa shape index (κ2) is 7.89. The lowest BCUT2D eigenvalue weighted by atomic mass is 10.1. The summed E-state index contributed by atoms with van der Waals surface area (Å²) >= 11 is 5.89. The first-order valence-corrected chi connectivity index (χ1v) is 8.35. The maximum atomic E-state index is 11.7. The van der Waals surface area contributed by atoms with Crippen LogP contribution in [0.25, 0.3) is 11.3 Å². The van der Waals surface area contributed by atoms with Crippen LogP contribution in [0.5, 0.6) is 0 Å². The van der Waals surface area contributed by atoms with Gasteiger partial charge in [-0.15, -0.1) is 0 Å². The Bertz CT molecular complexity index is 1020. The molecule has 3 aromatic rings. The Morgan fingerprint density at radius 1 is 1.33 bits per heavy atom. The highest BCUT2D eigenvalue weighted by molar-refractivity contribution is 6.30. The van der Waals surface area contributed by atoms with Crippen LogP contribution >= 0.6 is 11.6 Å². The molecule has 2 heterocycles. The summed E-state index contributed by atoms with van der Waals surface area (Å²) in [6.45, 7) is 1.95. The number of aromatic nitrogens is 2. The van der Waals surface area contributed by atoms with E-state index in [0.717, 1.165) is 5.56 Å². The molecule has 0 bridgehead atoms. The largest absolute Gasteiger partial charge is 0.465 e. The van der Waals surface area contributed by atoms with E-state index in [2.05, 4.69) is 15.5 Å². The van der Waals surface area contributed by atoms with Crippen molar-refractivity contribution < 1.29 is 14.1 Å². The van der Waals surface area contributed by atoms with Crippen LogP contribution in [0.2, 0.25) is 5.02 Å². The van der Waals surface area contributed by atoms with Gasteiger partial charge in [-0.2, -0.15) is 5.26 Å². The Morgan fingerprint density at radius 3 is 2.74 bits per heavy atom. The molecule has 0 fully saturated rings. The lowest BCUT2D eigenvalue weighted by Gasteiger charge is -2.09. The maximum Gasteiger partial charge on any atom is 0.339 e. The number of halogens is 1. The van der Waals surface area contributed by atoms with Crippen molar-refractivity contribution >= 4 is 23.4 Å². The number of nitrogens with one attached hydrogen (secondary N) is 1. The standard InChI is InChI=1S/C19H15ClN4O3/c1-11-16(19(25)26-2)7-13(9-21)18(23-11)22-10-15-8-17(24-27-15)12-3-5-14(20)6-4-12/h3-8H,10H2,1-2H3,(H,22,23). The van der Waals surface area contributed by atoms with Gasteiger partial charge in [-0.05, 0) is 25.1 Å². The highest BCUT2D eigenvalue weighted by Crippen LogP contribution is 2.23. The van der Waals surface area contributed by atoms with E-state index in [-0.39, 0.29) is 17.7 Å². The van der Waals surface area contributed by atoms with E-state index in [1.165, 1.54) is 13.2 Å². The van der Waals surface area contributed by atoms with Crippen LogP contribution in [0.4, 0.5) is 5.82 Å². The fourth-order valence-electron chi connectivity index (χ4n) is 2.47. The van der Waals surface area contributed by atoms with E-state index in [1.54, 1.807) is 25.1 Å². The van der Waals surface area contributed by atoms with Gasteiger partial charge in [0.25, 0.3) is 0 Å². The molecule has 1 aromatic carbocycles. The molecule has 136 valence electrons. The molecule has 0 aliphatic heterocycles. The third-order valence-electron chi connectivity index (χ3n) is 3.87. The summed E-state index contributed by atoms with van der Waals surface area (Å²) in [5.41, 5.74) is 2.50. The second-order valence-electron chi connectivity index (χ2n) is 5.66. The number of ether oxygens (including phenoxy) is 1. The number of hydrogen-bond acceptors (Lipinski definition) is 7. The number of carbonyl (C=O) groups excluding carboxylic acids is 1. The van der Waals surface area contributed by atoms with Gasteiger partial charge in [0.05, 0.1) is 30.5 Å². The van der Waals surface area contributed by atoms with Crippen LogP contribution in [0, 0.1) is 18.3 Å². The van der Waals surface area contributed by atoms with E-state index in [0.29, 0.717) is 28.0 Å². The minimum absolute atomic E-state index is 0.235. The predicted octanol–water partition coefficient (Wildman–Crippen LogP) is 3.97. The minimum atomic E-state index is -0.536. The van der Waals surface area contributed by atoms with E-state index in [9.17, 15) is 10.1 Å². The van der Waals surface area contributed by atoms with Gasteiger partial charge < -0.3 is 14.6 Å². The van der Waals surface area contributed by atoms with E-state index in [1.807, 2.05) is 18.2 Å². The van der Waals surface area contributed by atoms with E-state index in [4.69, 9.17) is 20.9 Å². The maximum absolute atomic E-state index is 11.7. The van der Waals surface area contributed by atoms with Crippen LogP contribution in [0.1, 0.15) is 27.4 Å². The molecule has 1 N–H and O–H groups in total. The number of aryl methyl sites for hydroxylation is 1. The van der Waals surface area contributed by atoms with Gasteiger partial charge in [0, 0.05) is 16.7 Å². The number of pyridine rings is 1. The number of nitriles is 1. The number of anilines is 1. The number of benzene rings is 1. The molecule has 0 amide bonds. The van der Waals surface area contributed by atoms with Crippen LogP contribution in [-0.2, 0) is 11.3 Å². The van der Waals surface area contributed by atoms with Gasteiger partial charge in [0.1, 0.15) is 17.6 Å². The van der Waals surface area contributed by atoms with Crippen molar-refractivity contribution in [1.29, 1.82) is 5.26 Å². The zero-order valence-electron chi connectivity index (χ0n) is 14.6. The number of hydrogen-bond donors (Lipinski definition) is 1. The number of methoxy groups -OCH3 is 1. The van der Waals surface area contributed by atoms with Gasteiger partial charge in [-0.1, -0.05) is 28.9 Å². The fourth-order valence-corrected chi connectivity index (χ4v) is 2.59. The smallest absolute Gasteiger partial charge is 0.339 e. The van der Waals surface area contributed by atoms with Gasteiger partial charge in [-0.25, -0.2) is 9.78 Å². The number of carbonyl (C=O) groups is 1. The normalized spacial score (nSPS) is 10.3. The highest BCUT2D eigenvalue weighted by atomic mass is 35.5. The molecule has 0 aliphatic carbocycles. The Kier molecular flexibility index (Phi) is 5.38. The van der Waals surface area contributed by atoms with Crippen molar-refractivity contribution in [3.05, 3.63) is 64.0 Å². The SMILES string of the molecule is COC(=O)c1cc(C#N)c(NCc2cc(-c3ccc(Cl)cc3)no2)nc1C. The molecule has 0 spiro atoms. The van der Waals surface area contributed by atoms with Crippen molar-refractivity contribution in [2.75, 3.05) is 12.4 Å². The highest BCUT2D eigenvalue weighted by Gasteiger charge is 2.16. The van der Waals surface area contributed by atoms with Crippen molar-refractivity contribution in [3.8, 4) is 17.3 Å². The molecule has 0 atom stereocenters. The summed E-state index contributed by atoms with van der Waals surface area (Å²) in [7, 11) is 1.28. The number of esters is 1. The lowest BCUT2D eigenvalue weighted by molar-refractivity contribution is 0.0599. The fraction of sp³-hybridized carbons (Fsp3) is 0.158. The summed E-state index contributed by atoms with van der Waals surface area (Å²) in [5, 5.41) is 17.0. The quantitative estimate of drug-likeness (QED) is 0.666. The summed E-state index contributed by atoms with van der Waals surface area (Å²) in [5.74, 6) is 0.387. The van der Waals surface area contributed by atoms with Crippen LogP contribution in [0.3, 0.4) is 0 Å². The van der Waals surface area contributed by atoms with Gasteiger partial charge >= 0.3 is 5.97 Å². The van der Waals surface area contributed by atoms with Crippen LogP contribution in [0.15, 0.2) is 40.9 Å². The number of nitrogens with zero attached hydrogens (tertiary/aromatic N) is 3. The lowest BCUT2D eigenvalue weighted by Crippen LogP contribution is -2.10. The first-order valence-electron chi connectivity index (χ1n) is 7.97. The minimum Gasteiger partial charge on any atom is -0.465 e. The first kappa shape index (κ1) is 18.4. The first-order chi connectivity index (χ1) is 13.0. The Morgan fingerprint density at radius 2 is 2.07 bits per heavy atom. The summed E-state index contributed by atoms with van der Waals surface area (Å²) in [6, 6.07) is 12.5. The molecule has 0 aliphatic rings. The Labute approximate surface area is 160 Å². The second-order valence-corrected chi connectivity index (χ2v) is 6.10. The molecular formula is C19H15ClN4O3. The van der Waals surface area contributed by atoms with Gasteiger partial charge in [-0.3, -0.25) is 0 Å². The molecule has 27 heavy (non-hydrogen) atoms. The Hall–Kier alpha value is -3.37. The van der Waals surface area contributed by atoms with Crippen molar-refractivity contribution in [3.63, 3.8) is 0 Å². The van der Waals surface area contributed by atoms with E-state index >= 15 is 0 Å². The average molecular weight is 383 g/mol. The van der Waals surface area contributed by atoms with Gasteiger partial charge in [0.2, 0.25) is 0 Å². The summed E-state index contributed by atoms with van der Waals surface area (Å²) in [6.07, 6.45) is 0. The third kappa shape index (κ3) is 4.07. The van der Waals surface area contributed by atoms with Crippen molar-refractivity contribution in [2.45, 2.75) is 13.5 Å². The topological polar surface area (TPSA) is 101 Å². The van der Waals surface area contributed by atoms with Crippen LogP contribution < -0.4 is 5.32 Å². The molecular weight excluding hydrogens is 368 g/mol. The van der Waals surface area contributed by atoms with Gasteiger partial charge in [0.15, 0.2) is 5.76 Å². The summed E-state index contributed by atoms with van der Waals surface area (Å²) < 4.78 is 10.0. The molecule has 0 saturated carbocycles. The molecule has 0 saturated heterocycles. The monoisotopic (exact) mass is 382 g/mol. The van der Waals surface area contributed by atoms with Crippen LogP contribution in [-0.4, -0.2) is 23.2 Å². The average Bonchev–Trinajstić information content (AvgIpc) is 3.15. The van der Waals surface area contributed by atoms with E-state index < -0.39 is 5.97 Å². The molecule has 0 radical (unpaired) electrons. The summed E-state index contributed by atoms with van der Waals surface area (Å²) in [4.78, 5) is 16.0.